The van der Waals surface area contributed by atoms with Crippen molar-refractivity contribution in [3.8, 4) is 0 Å². The first-order valence-corrected chi connectivity index (χ1v) is 3.57. The molecule has 2 rings (SSSR count). The van der Waals surface area contributed by atoms with Gasteiger partial charge in [0.15, 0.2) is 0 Å². The van der Waals surface area contributed by atoms with Gasteiger partial charge < -0.3 is 5.32 Å². The molecule has 2 fully saturated rings. The van der Waals surface area contributed by atoms with Gasteiger partial charge in [-0.05, 0) is 18.3 Å². The van der Waals surface area contributed by atoms with Crippen molar-refractivity contribution in [2.75, 3.05) is 0 Å². The highest BCUT2D eigenvalue weighted by Crippen LogP contribution is 2.41. The van der Waals surface area contributed by atoms with E-state index >= 15 is 0 Å². The van der Waals surface area contributed by atoms with Crippen molar-refractivity contribution in [1.29, 1.82) is 0 Å². The molecule has 3 atom stereocenters. The molecule has 2 heteroatoms. The maximum atomic E-state index is 10.8. The fraction of sp³-hybridized carbons (Fsp3) is 0.857. The van der Waals surface area contributed by atoms with Crippen LogP contribution in [0.4, 0.5) is 0 Å². The third-order valence-electron chi connectivity index (χ3n) is 2.42. The van der Waals surface area contributed by atoms with E-state index in [0.29, 0.717) is 12.0 Å². The number of fused-ring (bicyclic) bond motifs is 1. The molecule has 1 aliphatic carbocycles. The van der Waals surface area contributed by atoms with Gasteiger partial charge in [-0.3, -0.25) is 4.79 Å². The largest absolute Gasteiger partial charge is 0.353 e. The number of hydrogen-bond donors (Lipinski definition) is 1. The highest BCUT2D eigenvalue weighted by atomic mass is 16.1. The molecule has 0 aromatic rings. The summed E-state index contributed by atoms with van der Waals surface area (Å²) in [4.78, 5) is 10.8. The van der Waals surface area contributed by atoms with Gasteiger partial charge in [0.2, 0.25) is 5.91 Å². The topological polar surface area (TPSA) is 29.1 Å². The Morgan fingerprint density at radius 1 is 1.67 bits per heavy atom. The van der Waals surface area contributed by atoms with Crippen LogP contribution in [0.15, 0.2) is 0 Å². The SMILES string of the molecule is C[C@H]1CC(=O)N[C@H]2C[C@H]21. The summed E-state index contributed by atoms with van der Waals surface area (Å²) in [5.41, 5.74) is 0. The lowest BCUT2D eigenvalue weighted by molar-refractivity contribution is -0.123. The molecule has 9 heavy (non-hydrogen) atoms. The van der Waals surface area contributed by atoms with Crippen molar-refractivity contribution < 1.29 is 4.79 Å². The van der Waals surface area contributed by atoms with E-state index in [2.05, 4.69) is 12.2 Å². The number of hydrogen-bond acceptors (Lipinski definition) is 1. The Morgan fingerprint density at radius 2 is 2.44 bits per heavy atom. The van der Waals surface area contributed by atoms with Gasteiger partial charge in [0, 0.05) is 12.5 Å². The Morgan fingerprint density at radius 3 is 3.11 bits per heavy atom. The zero-order valence-electron chi connectivity index (χ0n) is 5.55. The highest BCUT2D eigenvalue weighted by Gasteiger charge is 2.45. The molecule has 1 saturated heterocycles. The van der Waals surface area contributed by atoms with Crippen molar-refractivity contribution in [2.45, 2.75) is 25.8 Å². The molecule has 0 unspecified atom stereocenters. The molecule has 0 bridgehead atoms. The summed E-state index contributed by atoms with van der Waals surface area (Å²) in [7, 11) is 0. The summed E-state index contributed by atoms with van der Waals surface area (Å²) < 4.78 is 0. The number of amides is 1. The maximum Gasteiger partial charge on any atom is 0.220 e. The first kappa shape index (κ1) is 5.27. The van der Waals surface area contributed by atoms with E-state index in [1.807, 2.05) is 0 Å². The van der Waals surface area contributed by atoms with Crippen LogP contribution in [-0.2, 0) is 4.79 Å². The Labute approximate surface area is 54.6 Å². The predicted octanol–water partition coefficient (Wildman–Crippen LogP) is 0.531. The van der Waals surface area contributed by atoms with Crippen molar-refractivity contribution >= 4 is 5.91 Å². The second kappa shape index (κ2) is 1.49. The van der Waals surface area contributed by atoms with E-state index in [1.165, 1.54) is 6.42 Å². The Balaban J connectivity index is 2.07. The lowest BCUT2D eigenvalue weighted by Crippen LogP contribution is -2.34. The van der Waals surface area contributed by atoms with Crippen molar-refractivity contribution in [2.24, 2.45) is 11.8 Å². The Bertz CT molecular complexity index is 155. The van der Waals surface area contributed by atoms with Crippen LogP contribution >= 0.6 is 0 Å². The first-order chi connectivity index (χ1) is 4.27. The monoisotopic (exact) mass is 125 g/mol. The van der Waals surface area contributed by atoms with Crippen LogP contribution in [-0.4, -0.2) is 11.9 Å². The zero-order chi connectivity index (χ0) is 6.43. The number of nitrogens with one attached hydrogen (secondary N) is 1. The van der Waals surface area contributed by atoms with E-state index in [9.17, 15) is 4.79 Å². The van der Waals surface area contributed by atoms with Gasteiger partial charge >= 0.3 is 0 Å². The summed E-state index contributed by atoms with van der Waals surface area (Å²) in [6.45, 7) is 2.17. The van der Waals surface area contributed by atoms with Gasteiger partial charge in [0.25, 0.3) is 0 Å². The Kier molecular flexibility index (Phi) is 0.875. The van der Waals surface area contributed by atoms with Crippen LogP contribution < -0.4 is 5.32 Å². The van der Waals surface area contributed by atoms with E-state index in [1.54, 1.807) is 0 Å². The number of rotatable bonds is 0. The molecule has 1 heterocycles. The summed E-state index contributed by atoms with van der Waals surface area (Å²) in [5, 5.41) is 2.94. The minimum Gasteiger partial charge on any atom is -0.353 e. The van der Waals surface area contributed by atoms with Crippen LogP contribution in [0.3, 0.4) is 0 Å². The standard InChI is InChI=1S/C7H11NO/c1-4-2-7(9)8-6-3-5(4)6/h4-6H,2-3H2,1H3,(H,8,9)/t4-,5-,6-/m0/s1. The smallest absolute Gasteiger partial charge is 0.220 e. The minimum absolute atomic E-state index is 0.251. The van der Waals surface area contributed by atoms with Gasteiger partial charge in [-0.15, -0.1) is 0 Å². The summed E-state index contributed by atoms with van der Waals surface area (Å²) >= 11 is 0. The van der Waals surface area contributed by atoms with Gasteiger partial charge in [-0.25, -0.2) is 0 Å². The average molecular weight is 125 g/mol. The predicted molar refractivity (Wildman–Crippen MR) is 33.8 cm³/mol. The molecule has 0 radical (unpaired) electrons. The molecule has 50 valence electrons. The second-order valence-electron chi connectivity index (χ2n) is 3.25. The van der Waals surface area contributed by atoms with Crippen molar-refractivity contribution in [1.82, 2.24) is 5.32 Å². The van der Waals surface area contributed by atoms with Gasteiger partial charge in [0.1, 0.15) is 0 Å². The fourth-order valence-electron chi connectivity index (χ4n) is 1.72. The third kappa shape index (κ3) is 0.732. The van der Waals surface area contributed by atoms with Crippen LogP contribution in [0.5, 0.6) is 0 Å². The summed E-state index contributed by atoms with van der Waals surface area (Å²) in [5.74, 6) is 1.72. The van der Waals surface area contributed by atoms with Gasteiger partial charge in [-0.1, -0.05) is 6.92 Å². The van der Waals surface area contributed by atoms with E-state index < -0.39 is 0 Å². The molecule has 2 nitrogen and oxygen atoms in total. The lowest BCUT2D eigenvalue weighted by atomic mass is 9.99. The normalized spacial score (nSPS) is 47.7. The molecule has 0 aromatic heterocycles. The van der Waals surface area contributed by atoms with Crippen LogP contribution in [0.1, 0.15) is 19.8 Å². The fourth-order valence-corrected chi connectivity index (χ4v) is 1.72. The average Bonchev–Trinajstić information content (AvgIpc) is 2.43. The van der Waals surface area contributed by atoms with Crippen LogP contribution in [0.25, 0.3) is 0 Å². The molecule has 0 spiro atoms. The van der Waals surface area contributed by atoms with E-state index in [0.717, 1.165) is 12.3 Å². The number of carbonyl (C=O) groups is 1. The Hall–Kier alpha value is -0.530. The zero-order valence-corrected chi connectivity index (χ0v) is 5.55. The van der Waals surface area contributed by atoms with Crippen LogP contribution in [0, 0.1) is 11.8 Å². The molecule has 1 N–H and O–H groups in total. The minimum atomic E-state index is 0.251. The summed E-state index contributed by atoms with van der Waals surface area (Å²) in [6.07, 6.45) is 1.98. The molecule has 2 aliphatic rings. The van der Waals surface area contributed by atoms with Gasteiger partial charge in [0.05, 0.1) is 0 Å². The molecular formula is C7H11NO. The van der Waals surface area contributed by atoms with Crippen molar-refractivity contribution in [3.63, 3.8) is 0 Å². The number of carbonyl (C=O) groups excluding carboxylic acids is 1. The lowest BCUT2D eigenvalue weighted by Gasteiger charge is -2.16. The van der Waals surface area contributed by atoms with E-state index in [4.69, 9.17) is 0 Å². The van der Waals surface area contributed by atoms with E-state index in [-0.39, 0.29) is 5.91 Å². The van der Waals surface area contributed by atoms with Gasteiger partial charge in [-0.2, -0.15) is 0 Å². The molecular weight excluding hydrogens is 114 g/mol. The second-order valence-corrected chi connectivity index (χ2v) is 3.25. The third-order valence-corrected chi connectivity index (χ3v) is 2.42. The summed E-state index contributed by atoms with van der Waals surface area (Å²) in [6, 6.07) is 0.557. The van der Waals surface area contributed by atoms with Crippen molar-refractivity contribution in [3.05, 3.63) is 0 Å². The molecule has 1 amide bonds. The highest BCUT2D eigenvalue weighted by molar-refractivity contribution is 5.78. The molecule has 0 aromatic carbocycles. The number of piperidine rings is 1. The quantitative estimate of drug-likeness (QED) is 0.502. The maximum absolute atomic E-state index is 10.8. The van der Waals surface area contributed by atoms with Crippen LogP contribution in [0.2, 0.25) is 0 Å². The molecule has 1 aliphatic heterocycles. The molecule has 1 saturated carbocycles. The first-order valence-electron chi connectivity index (χ1n) is 3.57.